The number of aromatic nitrogens is 5. The third-order valence-electron chi connectivity index (χ3n) is 3.10. The monoisotopic (exact) mass is 323 g/mol. The largest absolute Gasteiger partial charge is 0.308 e. The summed E-state index contributed by atoms with van der Waals surface area (Å²) in [6.07, 6.45) is 1.12. The minimum Gasteiger partial charge on any atom is -0.308 e. The highest BCUT2D eigenvalue weighted by Crippen LogP contribution is 2.25. The molecule has 0 aliphatic carbocycles. The lowest BCUT2D eigenvalue weighted by Crippen LogP contribution is -2.01. The van der Waals surface area contributed by atoms with E-state index in [1.54, 1.807) is 23.5 Å². The van der Waals surface area contributed by atoms with E-state index < -0.39 is 0 Å². The van der Waals surface area contributed by atoms with E-state index in [1.807, 2.05) is 27.0 Å². The second kappa shape index (κ2) is 7.26. The summed E-state index contributed by atoms with van der Waals surface area (Å²) in [4.78, 5) is 8.87. The highest BCUT2D eigenvalue weighted by Gasteiger charge is 2.13. The van der Waals surface area contributed by atoms with Gasteiger partial charge in [0.05, 0.1) is 5.75 Å². The van der Waals surface area contributed by atoms with Crippen molar-refractivity contribution < 1.29 is 0 Å². The lowest BCUT2D eigenvalue weighted by atomic mass is 10.4. The van der Waals surface area contributed by atoms with E-state index >= 15 is 0 Å². The summed E-state index contributed by atoms with van der Waals surface area (Å²) in [7, 11) is 2.02. The van der Waals surface area contributed by atoms with Gasteiger partial charge in [0.25, 0.3) is 0 Å². The first-order valence-electron chi connectivity index (χ1n) is 6.99. The van der Waals surface area contributed by atoms with Crippen LogP contribution in [-0.4, -0.2) is 30.0 Å². The molecule has 0 amide bonds. The van der Waals surface area contributed by atoms with Crippen molar-refractivity contribution in [3.8, 4) is 0 Å². The van der Waals surface area contributed by atoms with Crippen LogP contribution in [0.4, 0.5) is 0 Å². The number of rotatable bonds is 6. The van der Waals surface area contributed by atoms with Crippen LogP contribution in [0.5, 0.6) is 0 Å². The van der Waals surface area contributed by atoms with E-state index in [0.717, 1.165) is 39.7 Å². The number of aryl methyl sites for hydroxylation is 2. The van der Waals surface area contributed by atoms with E-state index in [9.17, 15) is 0 Å². The fourth-order valence-corrected chi connectivity index (χ4v) is 3.53. The summed E-state index contributed by atoms with van der Waals surface area (Å²) in [5.41, 5.74) is 1.99. The molecule has 0 radical (unpaired) electrons. The van der Waals surface area contributed by atoms with Gasteiger partial charge in [-0.25, -0.2) is 9.97 Å². The molecule has 114 valence electrons. The molecule has 5 nitrogen and oxygen atoms in total. The highest BCUT2D eigenvalue weighted by atomic mass is 32.2. The molecule has 0 fully saturated rings. The highest BCUT2D eigenvalue weighted by molar-refractivity contribution is 7.99. The van der Waals surface area contributed by atoms with Crippen molar-refractivity contribution in [2.45, 2.75) is 55.4 Å². The minimum atomic E-state index is 0.552. The Hall–Kier alpha value is -1.08. The summed E-state index contributed by atoms with van der Waals surface area (Å²) < 4.78 is 2.06. The Kier molecular flexibility index (Phi) is 5.64. The Balaban J connectivity index is 2.03. The van der Waals surface area contributed by atoms with Gasteiger partial charge in [0, 0.05) is 23.7 Å². The van der Waals surface area contributed by atoms with Crippen LogP contribution in [0.15, 0.2) is 16.4 Å². The molecule has 0 aromatic carbocycles. The first-order chi connectivity index (χ1) is 9.99. The minimum absolute atomic E-state index is 0.552. The molecule has 0 saturated carbocycles. The Morgan fingerprint density at radius 2 is 1.86 bits per heavy atom. The molecule has 0 unspecified atom stereocenters. The summed E-state index contributed by atoms with van der Waals surface area (Å²) >= 11 is 3.37. The van der Waals surface area contributed by atoms with Crippen LogP contribution in [0, 0.1) is 13.8 Å². The van der Waals surface area contributed by atoms with Crippen LogP contribution < -0.4 is 0 Å². The Bertz CT molecular complexity index is 591. The molecule has 0 spiro atoms. The predicted molar refractivity (Wildman–Crippen MR) is 87.7 cm³/mol. The third-order valence-corrected chi connectivity index (χ3v) is 5.24. The van der Waals surface area contributed by atoms with Gasteiger partial charge in [-0.05, 0) is 26.3 Å². The summed E-state index contributed by atoms with van der Waals surface area (Å²) in [5, 5.41) is 10.9. The van der Waals surface area contributed by atoms with Crippen LogP contribution >= 0.6 is 23.5 Å². The molecular formula is C14H21N5S2. The van der Waals surface area contributed by atoms with Crippen LogP contribution in [0.3, 0.4) is 0 Å². The Morgan fingerprint density at radius 3 is 2.48 bits per heavy atom. The van der Waals surface area contributed by atoms with E-state index in [1.165, 1.54) is 0 Å². The van der Waals surface area contributed by atoms with Crippen molar-refractivity contribution >= 4 is 23.5 Å². The molecule has 2 rings (SSSR count). The van der Waals surface area contributed by atoms with Gasteiger partial charge >= 0.3 is 0 Å². The van der Waals surface area contributed by atoms with Crippen LogP contribution in [0.25, 0.3) is 0 Å². The molecule has 0 bridgehead atoms. The van der Waals surface area contributed by atoms with Crippen molar-refractivity contribution in [3.05, 3.63) is 23.3 Å². The Morgan fingerprint density at radius 1 is 1.19 bits per heavy atom. The van der Waals surface area contributed by atoms with Gasteiger partial charge in [-0.2, -0.15) is 0 Å². The lowest BCUT2D eigenvalue weighted by Gasteiger charge is -2.07. The van der Waals surface area contributed by atoms with Crippen molar-refractivity contribution in [2.24, 2.45) is 7.05 Å². The lowest BCUT2D eigenvalue weighted by molar-refractivity contribution is 0.754. The van der Waals surface area contributed by atoms with Crippen molar-refractivity contribution in [2.75, 3.05) is 0 Å². The third kappa shape index (κ3) is 4.44. The van der Waals surface area contributed by atoms with Gasteiger partial charge in [-0.15, -0.1) is 10.2 Å². The molecule has 21 heavy (non-hydrogen) atoms. The zero-order chi connectivity index (χ0) is 15.4. The van der Waals surface area contributed by atoms with Crippen molar-refractivity contribution in [1.82, 2.24) is 24.7 Å². The maximum absolute atomic E-state index is 4.44. The van der Waals surface area contributed by atoms with Gasteiger partial charge < -0.3 is 4.57 Å². The fourth-order valence-electron chi connectivity index (χ4n) is 1.72. The van der Waals surface area contributed by atoms with Gasteiger partial charge in [-0.1, -0.05) is 37.4 Å². The van der Waals surface area contributed by atoms with Gasteiger partial charge in [0.15, 0.2) is 10.3 Å². The normalized spacial score (nSPS) is 12.6. The molecule has 1 atom stereocenters. The summed E-state index contributed by atoms with van der Waals surface area (Å²) in [6, 6.07) is 1.98. The average molecular weight is 323 g/mol. The number of thioether (sulfide) groups is 2. The van der Waals surface area contributed by atoms with Gasteiger partial charge in [0.2, 0.25) is 0 Å². The van der Waals surface area contributed by atoms with Crippen LogP contribution in [-0.2, 0) is 12.8 Å². The summed E-state index contributed by atoms with van der Waals surface area (Å²) in [5.74, 6) is 1.68. The quantitative estimate of drug-likeness (QED) is 0.600. The molecule has 2 aromatic rings. The standard InChI is InChI=1S/C14H21N5S2/c1-6-11(4)21-14-18-17-12(19(14)5)8-20-13-15-9(2)7-10(3)16-13/h7,11H,6,8H2,1-5H3/t11-/m1/s1. The molecular weight excluding hydrogens is 302 g/mol. The fraction of sp³-hybridized carbons (Fsp3) is 0.571. The van der Waals surface area contributed by atoms with Crippen molar-refractivity contribution in [3.63, 3.8) is 0 Å². The average Bonchev–Trinajstić information content (AvgIpc) is 2.76. The molecule has 2 aromatic heterocycles. The second-order valence-electron chi connectivity index (χ2n) is 5.02. The van der Waals surface area contributed by atoms with Gasteiger partial charge in [0.1, 0.15) is 5.82 Å². The first kappa shape index (κ1) is 16.3. The molecule has 0 aliphatic heterocycles. The van der Waals surface area contributed by atoms with E-state index in [-0.39, 0.29) is 0 Å². The molecule has 7 heteroatoms. The van der Waals surface area contributed by atoms with Crippen LogP contribution in [0.2, 0.25) is 0 Å². The second-order valence-corrected chi connectivity index (χ2v) is 7.36. The molecule has 0 N–H and O–H groups in total. The van der Waals surface area contributed by atoms with E-state index in [2.05, 4.69) is 38.6 Å². The van der Waals surface area contributed by atoms with Crippen molar-refractivity contribution in [1.29, 1.82) is 0 Å². The molecule has 0 aliphatic rings. The maximum atomic E-state index is 4.44. The zero-order valence-corrected chi connectivity index (χ0v) is 14.8. The topological polar surface area (TPSA) is 56.5 Å². The Labute approximate surface area is 134 Å². The van der Waals surface area contributed by atoms with E-state index in [4.69, 9.17) is 0 Å². The van der Waals surface area contributed by atoms with Gasteiger partial charge in [-0.3, -0.25) is 0 Å². The SMILES string of the molecule is CC[C@@H](C)Sc1nnc(CSc2nc(C)cc(C)n2)n1C. The number of hydrogen-bond acceptors (Lipinski definition) is 6. The summed E-state index contributed by atoms with van der Waals surface area (Å²) in [6.45, 7) is 8.36. The molecule has 0 saturated heterocycles. The predicted octanol–water partition coefficient (Wildman–Crippen LogP) is 3.40. The van der Waals surface area contributed by atoms with E-state index in [0.29, 0.717) is 5.25 Å². The number of hydrogen-bond donors (Lipinski definition) is 0. The first-order valence-corrected chi connectivity index (χ1v) is 8.86. The maximum Gasteiger partial charge on any atom is 0.191 e. The zero-order valence-electron chi connectivity index (χ0n) is 13.1. The molecule has 2 heterocycles. The van der Waals surface area contributed by atoms with Crippen LogP contribution in [0.1, 0.15) is 37.5 Å². The number of nitrogens with zero attached hydrogens (tertiary/aromatic N) is 5. The smallest absolute Gasteiger partial charge is 0.191 e.